The van der Waals surface area contributed by atoms with Crippen LogP contribution in [0.4, 0.5) is 5.82 Å². The van der Waals surface area contributed by atoms with E-state index in [-0.39, 0.29) is 18.1 Å². The third-order valence-corrected chi connectivity index (χ3v) is 5.02. The molecule has 0 radical (unpaired) electrons. The fourth-order valence-electron chi connectivity index (χ4n) is 3.76. The molecule has 2 unspecified atom stereocenters. The maximum Gasteiger partial charge on any atom is 0.237 e. The molecule has 1 amide bonds. The van der Waals surface area contributed by atoms with Gasteiger partial charge < -0.3 is 14.9 Å². The third-order valence-electron chi connectivity index (χ3n) is 5.02. The number of pyridine rings is 1. The van der Waals surface area contributed by atoms with Crippen LogP contribution in [0, 0.1) is 0 Å². The van der Waals surface area contributed by atoms with Crippen molar-refractivity contribution in [3.8, 4) is 0 Å². The van der Waals surface area contributed by atoms with Gasteiger partial charge in [0.05, 0.1) is 12.6 Å². The molecule has 24 heavy (non-hydrogen) atoms. The lowest BCUT2D eigenvalue weighted by atomic mass is 10.1. The number of amides is 1. The Morgan fingerprint density at radius 3 is 2.75 bits per heavy atom. The summed E-state index contributed by atoms with van der Waals surface area (Å²) in [6.07, 6.45) is 4.24. The zero-order chi connectivity index (χ0) is 16.9. The quantitative estimate of drug-likeness (QED) is 0.870. The Morgan fingerprint density at radius 1 is 1.29 bits per heavy atom. The third kappa shape index (κ3) is 4.24. The summed E-state index contributed by atoms with van der Waals surface area (Å²) in [4.78, 5) is 23.5. The summed E-state index contributed by atoms with van der Waals surface area (Å²) >= 11 is 0. The van der Waals surface area contributed by atoms with Gasteiger partial charge in [-0.15, -0.1) is 0 Å². The summed E-state index contributed by atoms with van der Waals surface area (Å²) in [6, 6.07) is 6.19. The topological polar surface area (TPSA) is 59.9 Å². The molecule has 1 aromatic rings. The minimum Gasteiger partial charge on any atom is -0.393 e. The lowest BCUT2D eigenvalue weighted by Gasteiger charge is -2.36. The van der Waals surface area contributed by atoms with Gasteiger partial charge in [-0.1, -0.05) is 6.07 Å². The van der Waals surface area contributed by atoms with Crippen LogP contribution in [0.15, 0.2) is 24.4 Å². The Morgan fingerprint density at radius 2 is 2.08 bits per heavy atom. The molecule has 3 rings (SSSR count). The fraction of sp³-hybridized carbons (Fsp3) is 0.667. The molecule has 2 saturated heterocycles. The molecule has 6 nitrogen and oxygen atoms in total. The first-order valence-corrected chi connectivity index (χ1v) is 8.99. The second-order valence-corrected chi connectivity index (χ2v) is 6.92. The lowest BCUT2D eigenvalue weighted by molar-refractivity contribution is -0.133. The molecule has 1 aromatic heterocycles. The number of hydrogen-bond acceptors (Lipinski definition) is 5. The second kappa shape index (κ2) is 7.94. The highest BCUT2D eigenvalue weighted by Gasteiger charge is 2.30. The van der Waals surface area contributed by atoms with Crippen LogP contribution in [0.3, 0.4) is 0 Å². The number of piperazine rings is 1. The monoisotopic (exact) mass is 332 g/mol. The number of hydrogen-bond donors (Lipinski definition) is 1. The molecule has 2 atom stereocenters. The van der Waals surface area contributed by atoms with E-state index < -0.39 is 0 Å². The molecule has 0 aromatic carbocycles. The van der Waals surface area contributed by atoms with Crippen molar-refractivity contribution < 1.29 is 9.90 Å². The first-order valence-electron chi connectivity index (χ1n) is 8.99. The van der Waals surface area contributed by atoms with Crippen LogP contribution in [0.25, 0.3) is 0 Å². The second-order valence-electron chi connectivity index (χ2n) is 6.92. The number of aliphatic hydroxyl groups excluding tert-OH is 1. The van der Waals surface area contributed by atoms with Crippen molar-refractivity contribution in [1.82, 2.24) is 14.8 Å². The predicted octanol–water partition coefficient (Wildman–Crippen LogP) is 0.965. The van der Waals surface area contributed by atoms with Crippen LogP contribution < -0.4 is 4.90 Å². The molecule has 2 aliphatic heterocycles. The number of rotatable bonds is 5. The number of likely N-dealkylation sites (tertiary alicyclic amines) is 1. The number of aliphatic hydroxyl groups is 1. The van der Waals surface area contributed by atoms with Crippen molar-refractivity contribution >= 4 is 11.7 Å². The van der Waals surface area contributed by atoms with E-state index in [4.69, 9.17) is 0 Å². The molecule has 3 heterocycles. The Labute approximate surface area is 144 Å². The van der Waals surface area contributed by atoms with E-state index in [9.17, 15) is 9.90 Å². The van der Waals surface area contributed by atoms with E-state index in [1.807, 2.05) is 29.3 Å². The minimum atomic E-state index is -0.342. The van der Waals surface area contributed by atoms with Gasteiger partial charge in [0.1, 0.15) is 5.82 Å². The predicted molar refractivity (Wildman–Crippen MR) is 93.9 cm³/mol. The van der Waals surface area contributed by atoms with Crippen LogP contribution in [-0.4, -0.2) is 77.2 Å². The molecule has 1 N–H and O–H groups in total. The van der Waals surface area contributed by atoms with Crippen molar-refractivity contribution in [2.24, 2.45) is 0 Å². The summed E-state index contributed by atoms with van der Waals surface area (Å²) in [6.45, 7) is 6.71. The van der Waals surface area contributed by atoms with Crippen LogP contribution >= 0.6 is 0 Å². The Hall–Kier alpha value is -1.66. The highest BCUT2D eigenvalue weighted by atomic mass is 16.3. The molecule has 2 aliphatic rings. The Kier molecular flexibility index (Phi) is 5.68. The smallest absolute Gasteiger partial charge is 0.237 e. The van der Waals surface area contributed by atoms with Gasteiger partial charge >= 0.3 is 0 Å². The average molecular weight is 332 g/mol. The minimum absolute atomic E-state index is 0.212. The van der Waals surface area contributed by atoms with Crippen LogP contribution in [0.5, 0.6) is 0 Å². The lowest BCUT2D eigenvalue weighted by Crippen LogP contribution is -2.51. The Balaban J connectivity index is 1.48. The highest BCUT2D eigenvalue weighted by Crippen LogP contribution is 2.22. The average Bonchev–Trinajstić information content (AvgIpc) is 3.04. The van der Waals surface area contributed by atoms with Gasteiger partial charge in [-0.2, -0.15) is 0 Å². The molecule has 6 heteroatoms. The van der Waals surface area contributed by atoms with E-state index in [0.717, 1.165) is 51.4 Å². The molecule has 0 bridgehead atoms. The number of carbonyl (C=O) groups is 1. The van der Waals surface area contributed by atoms with E-state index in [0.29, 0.717) is 13.0 Å². The van der Waals surface area contributed by atoms with Crippen molar-refractivity contribution in [2.75, 3.05) is 44.2 Å². The van der Waals surface area contributed by atoms with Crippen molar-refractivity contribution in [3.05, 3.63) is 24.4 Å². The molecular weight excluding hydrogens is 304 g/mol. The first-order chi connectivity index (χ1) is 11.6. The highest BCUT2D eigenvalue weighted by molar-refractivity contribution is 5.79. The molecule has 2 fully saturated rings. The zero-order valence-corrected chi connectivity index (χ0v) is 14.5. The van der Waals surface area contributed by atoms with Gasteiger partial charge in [-0.05, 0) is 38.3 Å². The summed E-state index contributed by atoms with van der Waals surface area (Å²) in [5, 5.41) is 9.61. The van der Waals surface area contributed by atoms with E-state index in [1.165, 1.54) is 0 Å². The van der Waals surface area contributed by atoms with E-state index in [2.05, 4.69) is 14.8 Å². The SMILES string of the molecule is CC(O)CC1CCCN1C(=O)CN1CCN(c2ccccn2)CC1. The molecule has 0 aliphatic carbocycles. The van der Waals surface area contributed by atoms with Crippen molar-refractivity contribution in [2.45, 2.75) is 38.3 Å². The number of aromatic nitrogens is 1. The van der Waals surface area contributed by atoms with Crippen LogP contribution in [-0.2, 0) is 4.79 Å². The number of carbonyl (C=O) groups excluding carboxylic acids is 1. The summed E-state index contributed by atoms with van der Waals surface area (Å²) < 4.78 is 0. The van der Waals surface area contributed by atoms with Gasteiger partial charge in [0.25, 0.3) is 0 Å². The molecule has 0 spiro atoms. The van der Waals surface area contributed by atoms with Crippen LogP contribution in [0.2, 0.25) is 0 Å². The summed E-state index contributed by atoms with van der Waals surface area (Å²) in [5.74, 6) is 1.23. The van der Waals surface area contributed by atoms with Gasteiger partial charge in [-0.25, -0.2) is 4.98 Å². The van der Waals surface area contributed by atoms with Gasteiger partial charge in [-0.3, -0.25) is 9.69 Å². The van der Waals surface area contributed by atoms with E-state index >= 15 is 0 Å². The van der Waals surface area contributed by atoms with E-state index in [1.54, 1.807) is 6.92 Å². The number of anilines is 1. The van der Waals surface area contributed by atoms with Crippen LogP contribution in [0.1, 0.15) is 26.2 Å². The maximum absolute atomic E-state index is 12.6. The summed E-state index contributed by atoms with van der Waals surface area (Å²) in [5.41, 5.74) is 0. The standard InChI is InChI=1S/C18H28N4O2/c1-15(23)13-16-5-4-8-22(16)18(24)14-20-9-11-21(12-10-20)17-6-2-3-7-19-17/h2-3,6-7,15-16,23H,4-5,8-14H2,1H3. The van der Waals surface area contributed by atoms with Crippen molar-refractivity contribution in [1.29, 1.82) is 0 Å². The number of nitrogens with zero attached hydrogens (tertiary/aromatic N) is 4. The Bertz CT molecular complexity index is 529. The maximum atomic E-state index is 12.6. The first kappa shape index (κ1) is 17.2. The zero-order valence-electron chi connectivity index (χ0n) is 14.5. The fourth-order valence-corrected chi connectivity index (χ4v) is 3.76. The normalized spacial score (nSPS) is 23.5. The van der Waals surface area contributed by atoms with Gasteiger partial charge in [0.2, 0.25) is 5.91 Å². The molecule has 132 valence electrons. The van der Waals surface area contributed by atoms with Gasteiger partial charge in [0, 0.05) is 45.0 Å². The van der Waals surface area contributed by atoms with Crippen molar-refractivity contribution in [3.63, 3.8) is 0 Å². The molecule has 0 saturated carbocycles. The largest absolute Gasteiger partial charge is 0.393 e. The molecular formula is C18H28N4O2. The van der Waals surface area contributed by atoms with Gasteiger partial charge in [0.15, 0.2) is 0 Å². The summed E-state index contributed by atoms with van der Waals surface area (Å²) in [7, 11) is 0.